The zero-order chi connectivity index (χ0) is 25.2. The number of rotatable bonds is 11. The van der Waals surface area contributed by atoms with Gasteiger partial charge in [-0.15, -0.1) is 0 Å². The van der Waals surface area contributed by atoms with Gasteiger partial charge in [-0.05, 0) is 48.6 Å². The lowest BCUT2D eigenvalue weighted by Crippen LogP contribution is -2.52. The van der Waals surface area contributed by atoms with E-state index in [0.29, 0.717) is 31.2 Å². The Bertz CT molecular complexity index is 1090. The van der Waals surface area contributed by atoms with Crippen LogP contribution in [0.2, 0.25) is 0 Å². The maximum atomic E-state index is 13.6. The molecule has 3 rings (SSSR count). The standard InChI is InChI=1S/C30H36N2O3/c1-22(2)19-31-30(34)28(18-25-10-6-5-7-11-25)32(20-26-15-13-23(3)14-16-26)29(33)21-35-27-12-8-9-24(4)17-27/h5-17,22,28H,18-21H2,1-4H3,(H,31,34). The minimum absolute atomic E-state index is 0.141. The van der Waals surface area contributed by atoms with Crippen LogP contribution in [0.25, 0.3) is 0 Å². The van der Waals surface area contributed by atoms with Gasteiger partial charge in [0.25, 0.3) is 5.91 Å². The first-order chi connectivity index (χ1) is 16.8. The zero-order valence-corrected chi connectivity index (χ0v) is 21.2. The lowest BCUT2D eigenvalue weighted by molar-refractivity contribution is -0.142. The Balaban J connectivity index is 1.89. The Labute approximate surface area is 209 Å². The van der Waals surface area contributed by atoms with Crippen LogP contribution in [0.15, 0.2) is 78.9 Å². The van der Waals surface area contributed by atoms with E-state index in [-0.39, 0.29) is 18.4 Å². The fourth-order valence-electron chi connectivity index (χ4n) is 3.80. The van der Waals surface area contributed by atoms with Crippen molar-refractivity contribution in [1.82, 2.24) is 10.2 Å². The number of nitrogens with one attached hydrogen (secondary N) is 1. The molecule has 5 nitrogen and oxygen atoms in total. The predicted octanol–water partition coefficient (Wildman–Crippen LogP) is 5.09. The van der Waals surface area contributed by atoms with Crippen molar-refractivity contribution in [3.8, 4) is 5.75 Å². The Morgan fingerprint density at radius 3 is 2.23 bits per heavy atom. The highest BCUT2D eigenvalue weighted by atomic mass is 16.5. The minimum atomic E-state index is -0.661. The summed E-state index contributed by atoms with van der Waals surface area (Å²) in [6, 6.07) is 24.8. The second kappa shape index (κ2) is 12.7. The molecule has 0 radical (unpaired) electrons. The Morgan fingerprint density at radius 2 is 1.57 bits per heavy atom. The zero-order valence-electron chi connectivity index (χ0n) is 21.2. The van der Waals surface area contributed by atoms with E-state index >= 15 is 0 Å². The number of carbonyl (C=O) groups excluding carboxylic acids is 2. The molecule has 0 fully saturated rings. The summed E-state index contributed by atoms with van der Waals surface area (Å²) in [5.41, 5.74) is 4.17. The molecule has 0 spiro atoms. The van der Waals surface area contributed by atoms with Gasteiger partial charge in [0.15, 0.2) is 6.61 Å². The number of aryl methyl sites for hydroxylation is 2. The fourth-order valence-corrected chi connectivity index (χ4v) is 3.80. The molecular weight excluding hydrogens is 436 g/mol. The normalized spacial score (nSPS) is 11.7. The lowest BCUT2D eigenvalue weighted by Gasteiger charge is -2.31. The molecule has 1 unspecified atom stereocenters. The van der Waals surface area contributed by atoms with E-state index in [9.17, 15) is 9.59 Å². The first kappa shape index (κ1) is 26.0. The monoisotopic (exact) mass is 472 g/mol. The smallest absolute Gasteiger partial charge is 0.261 e. The average molecular weight is 473 g/mol. The molecule has 5 heteroatoms. The Kier molecular flexibility index (Phi) is 9.47. The first-order valence-corrected chi connectivity index (χ1v) is 12.2. The van der Waals surface area contributed by atoms with Crippen LogP contribution in [0.5, 0.6) is 5.75 Å². The highest BCUT2D eigenvalue weighted by molar-refractivity contribution is 5.88. The third kappa shape index (κ3) is 8.29. The van der Waals surface area contributed by atoms with Crippen molar-refractivity contribution >= 4 is 11.8 Å². The van der Waals surface area contributed by atoms with Gasteiger partial charge in [0.1, 0.15) is 11.8 Å². The maximum absolute atomic E-state index is 13.6. The van der Waals surface area contributed by atoms with Gasteiger partial charge < -0.3 is 15.0 Å². The van der Waals surface area contributed by atoms with Crippen LogP contribution in [0.4, 0.5) is 0 Å². The van der Waals surface area contributed by atoms with E-state index in [0.717, 1.165) is 22.3 Å². The molecule has 3 aromatic rings. The van der Waals surface area contributed by atoms with E-state index in [1.807, 2.05) is 92.7 Å². The molecule has 2 amide bonds. The van der Waals surface area contributed by atoms with E-state index in [1.54, 1.807) is 4.90 Å². The maximum Gasteiger partial charge on any atom is 0.261 e. The third-order valence-corrected chi connectivity index (χ3v) is 5.78. The first-order valence-electron chi connectivity index (χ1n) is 12.2. The number of ether oxygens (including phenoxy) is 1. The SMILES string of the molecule is Cc1ccc(CN(C(=O)COc2cccc(C)c2)C(Cc2ccccc2)C(=O)NCC(C)C)cc1. The molecule has 0 bridgehead atoms. The van der Waals surface area contributed by atoms with Crippen LogP contribution in [0.3, 0.4) is 0 Å². The molecule has 3 aromatic carbocycles. The van der Waals surface area contributed by atoms with E-state index < -0.39 is 6.04 Å². The van der Waals surface area contributed by atoms with Crippen LogP contribution in [-0.2, 0) is 22.6 Å². The molecule has 184 valence electrons. The molecule has 0 aliphatic carbocycles. The van der Waals surface area contributed by atoms with Gasteiger partial charge in [0, 0.05) is 19.5 Å². The summed E-state index contributed by atoms with van der Waals surface area (Å²) in [6.07, 6.45) is 0.423. The van der Waals surface area contributed by atoms with Gasteiger partial charge in [-0.1, -0.05) is 86.1 Å². The van der Waals surface area contributed by atoms with E-state index in [1.165, 1.54) is 0 Å². The van der Waals surface area contributed by atoms with Crippen molar-refractivity contribution in [2.24, 2.45) is 5.92 Å². The van der Waals surface area contributed by atoms with Crippen LogP contribution in [0.1, 0.15) is 36.1 Å². The summed E-state index contributed by atoms with van der Waals surface area (Å²) in [5, 5.41) is 3.04. The highest BCUT2D eigenvalue weighted by Crippen LogP contribution is 2.17. The van der Waals surface area contributed by atoms with Crippen LogP contribution in [0, 0.1) is 19.8 Å². The number of nitrogens with zero attached hydrogens (tertiary/aromatic N) is 1. The van der Waals surface area contributed by atoms with Crippen LogP contribution >= 0.6 is 0 Å². The van der Waals surface area contributed by atoms with Crippen LogP contribution < -0.4 is 10.1 Å². The van der Waals surface area contributed by atoms with Crippen molar-refractivity contribution in [3.63, 3.8) is 0 Å². The van der Waals surface area contributed by atoms with Crippen LogP contribution in [-0.4, -0.2) is 35.9 Å². The van der Waals surface area contributed by atoms with Gasteiger partial charge in [-0.3, -0.25) is 9.59 Å². The molecule has 0 heterocycles. The van der Waals surface area contributed by atoms with Gasteiger partial charge in [-0.2, -0.15) is 0 Å². The number of benzene rings is 3. The van der Waals surface area contributed by atoms with Crippen molar-refractivity contribution < 1.29 is 14.3 Å². The van der Waals surface area contributed by atoms with Crippen molar-refractivity contribution in [3.05, 3.63) is 101 Å². The second-order valence-corrected chi connectivity index (χ2v) is 9.46. The molecule has 0 aromatic heterocycles. The fraction of sp³-hybridized carbons (Fsp3) is 0.333. The lowest BCUT2D eigenvalue weighted by atomic mass is 10.0. The second-order valence-electron chi connectivity index (χ2n) is 9.46. The van der Waals surface area contributed by atoms with Crippen molar-refractivity contribution in [1.29, 1.82) is 0 Å². The van der Waals surface area contributed by atoms with Crippen molar-refractivity contribution in [2.75, 3.05) is 13.2 Å². The molecule has 35 heavy (non-hydrogen) atoms. The molecule has 0 aliphatic rings. The Hall–Kier alpha value is -3.60. The summed E-state index contributed by atoms with van der Waals surface area (Å²) in [5.74, 6) is 0.561. The molecule has 1 N–H and O–H groups in total. The van der Waals surface area contributed by atoms with Gasteiger partial charge in [-0.25, -0.2) is 0 Å². The molecule has 1 atom stereocenters. The van der Waals surface area contributed by atoms with Crippen molar-refractivity contribution in [2.45, 2.75) is 46.7 Å². The topological polar surface area (TPSA) is 58.6 Å². The minimum Gasteiger partial charge on any atom is -0.484 e. The van der Waals surface area contributed by atoms with Gasteiger partial charge in [0.2, 0.25) is 5.91 Å². The van der Waals surface area contributed by atoms with Gasteiger partial charge in [0.05, 0.1) is 0 Å². The average Bonchev–Trinajstić information content (AvgIpc) is 2.85. The molecule has 0 saturated carbocycles. The number of amides is 2. The summed E-state index contributed by atoms with van der Waals surface area (Å²) in [4.78, 5) is 28.6. The third-order valence-electron chi connectivity index (χ3n) is 5.78. The number of hydrogen-bond donors (Lipinski definition) is 1. The van der Waals surface area contributed by atoms with E-state index in [4.69, 9.17) is 4.74 Å². The quantitative estimate of drug-likeness (QED) is 0.423. The Morgan fingerprint density at radius 1 is 0.857 bits per heavy atom. The summed E-state index contributed by atoms with van der Waals surface area (Å²) in [7, 11) is 0. The summed E-state index contributed by atoms with van der Waals surface area (Å²) < 4.78 is 5.84. The van der Waals surface area contributed by atoms with E-state index in [2.05, 4.69) is 19.2 Å². The number of carbonyl (C=O) groups is 2. The molecule has 0 aliphatic heterocycles. The largest absolute Gasteiger partial charge is 0.484 e. The molecule has 0 saturated heterocycles. The summed E-state index contributed by atoms with van der Waals surface area (Å²) >= 11 is 0. The predicted molar refractivity (Wildman–Crippen MR) is 140 cm³/mol. The van der Waals surface area contributed by atoms with Gasteiger partial charge >= 0.3 is 0 Å². The number of hydrogen-bond acceptors (Lipinski definition) is 3. The highest BCUT2D eigenvalue weighted by Gasteiger charge is 2.30. The summed E-state index contributed by atoms with van der Waals surface area (Å²) in [6.45, 7) is 8.85. The molecular formula is C30H36N2O3.